The summed E-state index contributed by atoms with van der Waals surface area (Å²) in [7, 11) is 0. The Kier molecular flexibility index (Phi) is 4.07. The lowest BCUT2D eigenvalue weighted by molar-refractivity contribution is 0.103. The number of halogens is 2. The Morgan fingerprint density at radius 1 is 1.06 bits per heavy atom. The average molecular weight is 371 g/mol. The summed E-state index contributed by atoms with van der Waals surface area (Å²) in [5.74, 6) is 0.0306. The minimum atomic E-state index is 0.0306. The van der Waals surface area contributed by atoms with Gasteiger partial charge in [0.25, 0.3) is 0 Å². The maximum absolute atomic E-state index is 12.5. The fourth-order valence-electron chi connectivity index (χ4n) is 1.80. The summed E-state index contributed by atoms with van der Waals surface area (Å²) in [5, 5.41) is 0.587. The number of hydrogen-bond acceptors (Lipinski definition) is 1. The van der Waals surface area contributed by atoms with Crippen LogP contribution in [0.5, 0.6) is 0 Å². The van der Waals surface area contributed by atoms with Crippen LogP contribution in [0, 0.1) is 17.4 Å². The van der Waals surface area contributed by atoms with Crippen LogP contribution in [0.1, 0.15) is 27.0 Å². The standard InChI is InChI=1S/C15H12ClIO/c1-9-3-4-10(2)12(7-9)15(18)13-8-11(16)5-6-14(13)17/h3-8H,1-2H3. The van der Waals surface area contributed by atoms with Gasteiger partial charge in [-0.05, 0) is 66.3 Å². The summed E-state index contributed by atoms with van der Waals surface area (Å²) >= 11 is 8.12. The number of ketones is 1. The molecule has 2 aromatic rings. The molecule has 0 radical (unpaired) electrons. The van der Waals surface area contributed by atoms with Crippen molar-refractivity contribution >= 4 is 40.0 Å². The Morgan fingerprint density at radius 2 is 1.78 bits per heavy atom. The molecule has 0 unspecified atom stereocenters. The lowest BCUT2D eigenvalue weighted by Crippen LogP contribution is -2.06. The predicted molar refractivity (Wildman–Crippen MR) is 83.5 cm³/mol. The number of hydrogen-bond donors (Lipinski definition) is 0. The van der Waals surface area contributed by atoms with Gasteiger partial charge in [0.15, 0.2) is 5.78 Å². The lowest BCUT2D eigenvalue weighted by atomic mass is 9.97. The zero-order valence-electron chi connectivity index (χ0n) is 10.1. The molecule has 0 atom stereocenters. The molecule has 0 N–H and O–H groups in total. The van der Waals surface area contributed by atoms with E-state index in [0.717, 1.165) is 20.3 Å². The average Bonchev–Trinajstić information content (AvgIpc) is 2.34. The van der Waals surface area contributed by atoms with Gasteiger partial charge in [-0.15, -0.1) is 0 Å². The van der Waals surface area contributed by atoms with Gasteiger partial charge in [-0.1, -0.05) is 29.3 Å². The quantitative estimate of drug-likeness (QED) is 0.548. The van der Waals surface area contributed by atoms with Crippen LogP contribution in [0.25, 0.3) is 0 Å². The van der Waals surface area contributed by atoms with Crippen molar-refractivity contribution in [2.45, 2.75) is 13.8 Å². The molecule has 0 bridgehead atoms. The van der Waals surface area contributed by atoms with E-state index in [1.165, 1.54) is 0 Å². The molecule has 3 heteroatoms. The first-order valence-electron chi connectivity index (χ1n) is 5.56. The molecule has 0 saturated carbocycles. The Balaban J connectivity index is 2.54. The molecule has 2 rings (SSSR count). The predicted octanol–water partition coefficient (Wildman–Crippen LogP) is 4.79. The summed E-state index contributed by atoms with van der Waals surface area (Å²) in [6.07, 6.45) is 0. The minimum absolute atomic E-state index is 0.0306. The summed E-state index contributed by atoms with van der Waals surface area (Å²) in [4.78, 5) is 12.5. The maximum atomic E-state index is 12.5. The van der Waals surface area contributed by atoms with Crippen molar-refractivity contribution in [3.8, 4) is 0 Å². The molecule has 0 fully saturated rings. The highest BCUT2D eigenvalue weighted by Crippen LogP contribution is 2.23. The molecule has 0 saturated heterocycles. The second-order valence-corrected chi connectivity index (χ2v) is 5.87. The maximum Gasteiger partial charge on any atom is 0.194 e. The molecule has 1 nitrogen and oxygen atoms in total. The van der Waals surface area contributed by atoms with E-state index >= 15 is 0 Å². The highest BCUT2D eigenvalue weighted by Gasteiger charge is 2.15. The van der Waals surface area contributed by atoms with E-state index < -0.39 is 0 Å². The van der Waals surface area contributed by atoms with E-state index in [9.17, 15) is 4.79 Å². The van der Waals surface area contributed by atoms with Gasteiger partial charge in [-0.3, -0.25) is 4.79 Å². The van der Waals surface area contributed by atoms with Crippen LogP contribution < -0.4 is 0 Å². The third-order valence-electron chi connectivity index (χ3n) is 2.81. The Bertz CT molecular complexity index is 566. The second kappa shape index (κ2) is 5.41. The van der Waals surface area contributed by atoms with Crippen LogP contribution in [0.2, 0.25) is 5.02 Å². The SMILES string of the molecule is Cc1ccc(C)c(C(=O)c2cc(Cl)ccc2I)c1. The van der Waals surface area contributed by atoms with Gasteiger partial charge < -0.3 is 0 Å². The third kappa shape index (κ3) is 2.75. The number of carbonyl (C=O) groups excluding carboxylic acids is 1. The molecular formula is C15H12ClIO. The van der Waals surface area contributed by atoms with Gasteiger partial charge in [0.2, 0.25) is 0 Å². The zero-order chi connectivity index (χ0) is 13.3. The topological polar surface area (TPSA) is 17.1 Å². The first-order valence-corrected chi connectivity index (χ1v) is 7.01. The molecule has 0 aliphatic carbocycles. The largest absolute Gasteiger partial charge is 0.289 e. The van der Waals surface area contributed by atoms with Gasteiger partial charge in [-0.2, -0.15) is 0 Å². The Hall–Kier alpha value is -0.870. The molecule has 18 heavy (non-hydrogen) atoms. The van der Waals surface area contributed by atoms with Crippen LogP contribution in [-0.4, -0.2) is 5.78 Å². The number of rotatable bonds is 2. The second-order valence-electron chi connectivity index (χ2n) is 4.27. The lowest BCUT2D eigenvalue weighted by Gasteiger charge is -2.08. The summed E-state index contributed by atoms with van der Waals surface area (Å²) < 4.78 is 0.919. The van der Waals surface area contributed by atoms with Crippen molar-refractivity contribution < 1.29 is 4.79 Å². The number of carbonyl (C=O) groups is 1. The Morgan fingerprint density at radius 3 is 2.50 bits per heavy atom. The highest BCUT2D eigenvalue weighted by molar-refractivity contribution is 14.1. The van der Waals surface area contributed by atoms with Crippen molar-refractivity contribution in [2.24, 2.45) is 0 Å². The van der Waals surface area contributed by atoms with E-state index in [4.69, 9.17) is 11.6 Å². The highest BCUT2D eigenvalue weighted by atomic mass is 127. The first kappa shape index (κ1) is 13.6. The fraction of sp³-hybridized carbons (Fsp3) is 0.133. The van der Waals surface area contributed by atoms with Crippen LogP contribution >= 0.6 is 34.2 Å². The number of benzene rings is 2. The Labute approximate surface area is 125 Å². The molecule has 0 spiro atoms. The van der Waals surface area contributed by atoms with Crippen molar-refractivity contribution in [2.75, 3.05) is 0 Å². The first-order chi connectivity index (χ1) is 8.49. The monoisotopic (exact) mass is 370 g/mol. The zero-order valence-corrected chi connectivity index (χ0v) is 13.0. The molecule has 0 heterocycles. The van der Waals surface area contributed by atoms with Crippen molar-refractivity contribution in [3.63, 3.8) is 0 Å². The van der Waals surface area contributed by atoms with E-state index in [-0.39, 0.29) is 5.78 Å². The van der Waals surface area contributed by atoms with Gasteiger partial charge in [0, 0.05) is 19.7 Å². The van der Waals surface area contributed by atoms with Crippen molar-refractivity contribution in [1.29, 1.82) is 0 Å². The third-order valence-corrected chi connectivity index (χ3v) is 3.99. The van der Waals surface area contributed by atoms with Crippen molar-refractivity contribution in [1.82, 2.24) is 0 Å². The van der Waals surface area contributed by atoms with Gasteiger partial charge in [0.1, 0.15) is 0 Å². The molecule has 0 aromatic heterocycles. The van der Waals surface area contributed by atoms with E-state index in [2.05, 4.69) is 22.6 Å². The minimum Gasteiger partial charge on any atom is -0.289 e. The fourth-order valence-corrected chi connectivity index (χ4v) is 2.55. The molecule has 92 valence electrons. The van der Waals surface area contributed by atoms with E-state index in [1.54, 1.807) is 12.1 Å². The van der Waals surface area contributed by atoms with E-state index in [1.807, 2.05) is 38.1 Å². The molecular weight excluding hydrogens is 359 g/mol. The van der Waals surface area contributed by atoms with Gasteiger partial charge >= 0.3 is 0 Å². The normalized spacial score (nSPS) is 10.4. The number of aryl methyl sites for hydroxylation is 2. The smallest absolute Gasteiger partial charge is 0.194 e. The van der Waals surface area contributed by atoms with Crippen LogP contribution in [0.3, 0.4) is 0 Å². The van der Waals surface area contributed by atoms with Crippen LogP contribution in [0.4, 0.5) is 0 Å². The van der Waals surface area contributed by atoms with Crippen molar-refractivity contribution in [3.05, 3.63) is 67.2 Å². The summed E-state index contributed by atoms with van der Waals surface area (Å²) in [6.45, 7) is 3.93. The van der Waals surface area contributed by atoms with E-state index in [0.29, 0.717) is 10.6 Å². The van der Waals surface area contributed by atoms with Gasteiger partial charge in [0.05, 0.1) is 0 Å². The van der Waals surface area contributed by atoms with Gasteiger partial charge in [-0.25, -0.2) is 0 Å². The summed E-state index contributed by atoms with van der Waals surface area (Å²) in [5.41, 5.74) is 3.48. The molecule has 0 amide bonds. The molecule has 0 aliphatic rings. The van der Waals surface area contributed by atoms with Crippen LogP contribution in [-0.2, 0) is 0 Å². The summed E-state index contributed by atoms with van der Waals surface area (Å²) in [6, 6.07) is 11.3. The molecule has 2 aromatic carbocycles. The van der Waals surface area contributed by atoms with Crippen LogP contribution in [0.15, 0.2) is 36.4 Å². The molecule has 0 aliphatic heterocycles.